The highest BCUT2D eigenvalue weighted by molar-refractivity contribution is 7.47. The molecule has 10 heteroatoms. The molecule has 9 nitrogen and oxygen atoms in total. The fourth-order valence-corrected chi connectivity index (χ4v) is 5.99. The predicted octanol–water partition coefficient (Wildman–Crippen LogP) is 5.97. The Morgan fingerprint density at radius 3 is 2.37 bits per heavy atom. The largest absolute Gasteiger partial charge is 0.528 e. The summed E-state index contributed by atoms with van der Waals surface area (Å²) in [5.74, 6) is -0.344. The van der Waals surface area contributed by atoms with Gasteiger partial charge in [0.2, 0.25) is 5.43 Å². The quantitative estimate of drug-likeness (QED) is 0.171. The third-order valence-electron chi connectivity index (χ3n) is 7.01. The third kappa shape index (κ3) is 5.85. The van der Waals surface area contributed by atoms with Crippen LogP contribution in [0.5, 0.6) is 11.5 Å². The number of phosphoric ester groups is 1. The molecule has 2 unspecified atom stereocenters. The van der Waals surface area contributed by atoms with Crippen LogP contribution in [0.1, 0.15) is 17.2 Å². The molecule has 0 amide bonds. The van der Waals surface area contributed by atoms with Crippen molar-refractivity contribution in [3.63, 3.8) is 0 Å². The highest BCUT2D eigenvalue weighted by atomic mass is 31.2. The maximum absolute atomic E-state index is 13.4. The number of phenolic OH excluding ortho intramolecular Hbond substituents is 1. The molecule has 0 aliphatic carbocycles. The van der Waals surface area contributed by atoms with Crippen LogP contribution in [0.25, 0.3) is 21.9 Å². The number of phenols is 1. The summed E-state index contributed by atoms with van der Waals surface area (Å²) >= 11 is 0. The number of aromatic hydroxyl groups is 1. The number of para-hydroxylation sites is 1. The Balaban J connectivity index is 1.36. The normalized spacial score (nSPS) is 16.0. The summed E-state index contributed by atoms with van der Waals surface area (Å²) in [4.78, 5) is 26.3. The van der Waals surface area contributed by atoms with Crippen molar-refractivity contribution in [3.8, 4) is 11.5 Å². The van der Waals surface area contributed by atoms with Gasteiger partial charge in [0.05, 0.1) is 24.7 Å². The number of morpholine rings is 1. The summed E-state index contributed by atoms with van der Waals surface area (Å²) in [5, 5.41) is 10.9. The summed E-state index contributed by atoms with van der Waals surface area (Å²) in [7, 11) is -4.73. The van der Waals surface area contributed by atoms with Crippen LogP contribution in [0.15, 0.2) is 100 Å². The van der Waals surface area contributed by atoms with Crippen molar-refractivity contribution in [2.45, 2.75) is 12.5 Å². The van der Waals surface area contributed by atoms with E-state index in [0.29, 0.717) is 44.0 Å². The molecule has 1 saturated heterocycles. The van der Waals surface area contributed by atoms with E-state index in [1.807, 2.05) is 65.6 Å². The van der Waals surface area contributed by atoms with Gasteiger partial charge in [-0.2, -0.15) is 0 Å². The second-order valence-corrected chi connectivity index (χ2v) is 11.1. The van der Waals surface area contributed by atoms with Gasteiger partial charge in [0.1, 0.15) is 16.7 Å². The first kappa shape index (κ1) is 27.1. The molecule has 0 radical (unpaired) electrons. The lowest BCUT2D eigenvalue weighted by molar-refractivity contribution is 0.122. The first-order valence-corrected chi connectivity index (χ1v) is 14.7. The van der Waals surface area contributed by atoms with Crippen LogP contribution in [0, 0.1) is 0 Å². The van der Waals surface area contributed by atoms with Gasteiger partial charge < -0.3 is 23.7 Å². The van der Waals surface area contributed by atoms with Gasteiger partial charge in [0.15, 0.2) is 11.3 Å². The first-order valence-electron chi connectivity index (χ1n) is 13.2. The van der Waals surface area contributed by atoms with E-state index >= 15 is 0 Å². The number of hydrogen-bond donors (Lipinski definition) is 2. The second kappa shape index (κ2) is 11.4. The second-order valence-electron chi connectivity index (χ2n) is 9.76. The topological polar surface area (TPSA) is 119 Å². The van der Waals surface area contributed by atoms with Crippen LogP contribution >= 0.6 is 7.82 Å². The lowest BCUT2D eigenvalue weighted by atomic mass is 10.0. The van der Waals surface area contributed by atoms with Gasteiger partial charge in [0, 0.05) is 37.3 Å². The molecule has 1 fully saturated rings. The molecule has 0 saturated carbocycles. The van der Waals surface area contributed by atoms with Crippen molar-refractivity contribution in [2.75, 3.05) is 31.2 Å². The number of nitrogens with zero attached hydrogens (tertiary/aromatic N) is 1. The van der Waals surface area contributed by atoms with Crippen LogP contribution in [0.4, 0.5) is 5.69 Å². The van der Waals surface area contributed by atoms with Crippen LogP contribution in [-0.2, 0) is 20.2 Å². The van der Waals surface area contributed by atoms with Crippen molar-refractivity contribution in [3.05, 3.63) is 112 Å². The standard InChI is InChI=1S/C31H28NO8P/c33-25-19-23(32-14-16-37-17-15-32)20-28-29(25)30(34)24-12-7-13-26(31(24)38-28)39-41(35,36)40-27(22-10-5-2-6-11-22)18-21-8-3-1-4-9-21/h1-13,19-20,27,33H,14-18H2,(H,35,36). The van der Waals surface area contributed by atoms with Gasteiger partial charge in [-0.15, -0.1) is 0 Å². The average molecular weight is 574 g/mol. The minimum Gasteiger partial charge on any atom is -0.507 e. The Labute approximate surface area is 235 Å². The van der Waals surface area contributed by atoms with E-state index < -0.39 is 19.4 Å². The van der Waals surface area contributed by atoms with Gasteiger partial charge in [-0.05, 0) is 23.3 Å². The minimum atomic E-state index is -4.73. The SMILES string of the molecule is O=c1c2cccc(OP(=O)(O)OC(Cc3ccccc3)c3ccccc3)c2oc2cc(N3CCOCC3)cc(O)c12. The Hall–Kier alpha value is -4.14. The van der Waals surface area contributed by atoms with Crippen molar-refractivity contribution >= 4 is 35.4 Å². The monoisotopic (exact) mass is 573 g/mol. The molecule has 1 aliphatic rings. The van der Waals surface area contributed by atoms with Crippen LogP contribution in [0.2, 0.25) is 0 Å². The summed E-state index contributed by atoms with van der Waals surface area (Å²) in [5.41, 5.74) is 1.90. The molecular weight excluding hydrogens is 545 g/mol. The van der Waals surface area contributed by atoms with Crippen molar-refractivity contribution in [2.24, 2.45) is 0 Å². The molecule has 5 aromatic rings. The summed E-state index contributed by atoms with van der Waals surface area (Å²) < 4.78 is 36.2. The molecule has 210 valence electrons. The zero-order chi connectivity index (χ0) is 28.4. The molecule has 4 aromatic carbocycles. The molecule has 2 N–H and O–H groups in total. The number of phosphoric acid groups is 1. The fourth-order valence-electron chi connectivity index (χ4n) is 5.03. The smallest absolute Gasteiger partial charge is 0.507 e. The van der Waals surface area contributed by atoms with E-state index in [1.54, 1.807) is 6.07 Å². The van der Waals surface area contributed by atoms with Crippen LogP contribution in [0.3, 0.4) is 0 Å². The average Bonchev–Trinajstić information content (AvgIpc) is 2.98. The molecule has 2 atom stereocenters. The van der Waals surface area contributed by atoms with Crippen LogP contribution < -0.4 is 14.9 Å². The van der Waals surface area contributed by atoms with Gasteiger partial charge in [-0.25, -0.2) is 4.57 Å². The van der Waals surface area contributed by atoms with E-state index in [4.69, 9.17) is 18.2 Å². The number of rotatable bonds is 8. The van der Waals surface area contributed by atoms with Gasteiger partial charge >= 0.3 is 7.82 Å². The number of anilines is 1. The molecule has 0 spiro atoms. The van der Waals surface area contributed by atoms with Crippen molar-refractivity contribution in [1.82, 2.24) is 0 Å². The van der Waals surface area contributed by atoms with Gasteiger partial charge in [-0.1, -0.05) is 66.7 Å². The number of fused-ring (bicyclic) bond motifs is 2. The van der Waals surface area contributed by atoms with E-state index in [2.05, 4.69) is 0 Å². The first-order chi connectivity index (χ1) is 19.9. The van der Waals surface area contributed by atoms with E-state index in [9.17, 15) is 19.4 Å². The maximum Gasteiger partial charge on any atom is 0.528 e. The van der Waals surface area contributed by atoms with Crippen molar-refractivity contribution in [1.29, 1.82) is 0 Å². The molecule has 1 aliphatic heterocycles. The zero-order valence-electron chi connectivity index (χ0n) is 22.0. The van der Waals surface area contributed by atoms with Crippen LogP contribution in [-0.4, -0.2) is 36.3 Å². The number of benzene rings is 4. The van der Waals surface area contributed by atoms with Crippen molar-refractivity contribution < 1.29 is 32.8 Å². The molecule has 0 bridgehead atoms. The van der Waals surface area contributed by atoms with Gasteiger partial charge in [0.25, 0.3) is 0 Å². The highest BCUT2D eigenvalue weighted by Gasteiger charge is 2.31. The fraction of sp³-hybridized carbons (Fsp3) is 0.194. The number of ether oxygens (including phenoxy) is 1. The van der Waals surface area contributed by atoms with E-state index in [-0.39, 0.29) is 33.4 Å². The lowest BCUT2D eigenvalue weighted by Crippen LogP contribution is -2.36. The Morgan fingerprint density at radius 2 is 1.63 bits per heavy atom. The zero-order valence-corrected chi connectivity index (χ0v) is 22.9. The third-order valence-corrected chi connectivity index (χ3v) is 7.96. The summed E-state index contributed by atoms with van der Waals surface area (Å²) in [6.45, 7) is 2.32. The minimum absolute atomic E-state index is 0.0158. The summed E-state index contributed by atoms with van der Waals surface area (Å²) in [6.07, 6.45) is -0.456. The lowest BCUT2D eigenvalue weighted by Gasteiger charge is -2.29. The van der Waals surface area contributed by atoms with E-state index in [1.165, 1.54) is 24.3 Å². The molecular formula is C31H28NO8P. The summed E-state index contributed by atoms with van der Waals surface area (Å²) in [6, 6.07) is 26.3. The molecule has 1 aromatic heterocycles. The molecule has 2 heterocycles. The number of hydrogen-bond acceptors (Lipinski definition) is 8. The van der Waals surface area contributed by atoms with E-state index in [0.717, 1.165) is 5.56 Å². The maximum atomic E-state index is 13.4. The molecule has 6 rings (SSSR count). The Morgan fingerprint density at radius 1 is 0.927 bits per heavy atom. The Bertz CT molecular complexity index is 1790. The highest BCUT2D eigenvalue weighted by Crippen LogP contribution is 2.50. The predicted molar refractivity (Wildman–Crippen MR) is 156 cm³/mol. The molecule has 41 heavy (non-hydrogen) atoms. The Kier molecular flexibility index (Phi) is 7.51. The van der Waals surface area contributed by atoms with Gasteiger partial charge in [-0.3, -0.25) is 14.2 Å².